The van der Waals surface area contributed by atoms with Crippen LogP contribution in [0.2, 0.25) is 6.32 Å². The van der Waals surface area contributed by atoms with Crippen LogP contribution in [0.4, 0.5) is 0 Å². The lowest BCUT2D eigenvalue weighted by Crippen LogP contribution is -2.57. The van der Waals surface area contributed by atoms with Crippen molar-refractivity contribution in [1.29, 1.82) is 0 Å². The number of amides is 1. The number of aliphatic carboxylic acids is 1. The standard InChI is InChI=1S/C14H28BN5O7S/c16-6-11(17)12(21)20(10-3-4-10)28(26,27)19-7-9(2-1-5-15(24)25)14(18,8-19)13(22)23/h9-11,24-25H,1-8,16-18H2,(H,22,23)/t9-,11?,14-/m0/s1. The van der Waals surface area contributed by atoms with Crippen LogP contribution in [0.1, 0.15) is 25.7 Å². The largest absolute Gasteiger partial charge is 0.480 e. The Balaban J connectivity index is 2.24. The molecule has 2 fully saturated rings. The summed E-state index contributed by atoms with van der Waals surface area (Å²) in [5.41, 5.74) is 15.2. The third-order valence-electron chi connectivity index (χ3n) is 5.25. The molecule has 1 saturated carbocycles. The van der Waals surface area contributed by atoms with Crippen molar-refractivity contribution in [3.8, 4) is 0 Å². The predicted octanol–water partition coefficient (Wildman–Crippen LogP) is -3.52. The van der Waals surface area contributed by atoms with Crippen molar-refractivity contribution in [3.05, 3.63) is 0 Å². The summed E-state index contributed by atoms with van der Waals surface area (Å²) in [6.45, 7) is -0.911. The Kier molecular flexibility index (Phi) is 7.07. The molecule has 1 saturated heterocycles. The van der Waals surface area contributed by atoms with Gasteiger partial charge >= 0.3 is 23.3 Å². The fourth-order valence-electron chi connectivity index (χ4n) is 3.39. The summed E-state index contributed by atoms with van der Waals surface area (Å²) in [5, 5.41) is 27.5. The highest BCUT2D eigenvalue weighted by Gasteiger charge is 2.55. The quantitative estimate of drug-likeness (QED) is 0.191. The average molecular weight is 421 g/mol. The molecule has 12 nitrogen and oxygen atoms in total. The number of nitrogens with zero attached hydrogens (tertiary/aromatic N) is 2. The summed E-state index contributed by atoms with van der Waals surface area (Å²) in [4.78, 5) is 24.2. The molecule has 1 unspecified atom stereocenters. The molecule has 1 aliphatic carbocycles. The molecule has 0 aromatic rings. The predicted molar refractivity (Wildman–Crippen MR) is 99.7 cm³/mol. The highest BCUT2D eigenvalue weighted by molar-refractivity contribution is 7.87. The summed E-state index contributed by atoms with van der Waals surface area (Å²) in [5.74, 6) is -2.93. The molecule has 0 aromatic heterocycles. The van der Waals surface area contributed by atoms with Gasteiger partial charge in [-0.05, 0) is 25.6 Å². The molecule has 0 spiro atoms. The molecule has 28 heavy (non-hydrogen) atoms. The molecule has 3 atom stereocenters. The number of hydrogen-bond donors (Lipinski definition) is 6. The first kappa shape index (κ1) is 23.0. The van der Waals surface area contributed by atoms with E-state index >= 15 is 0 Å². The number of nitrogens with two attached hydrogens (primary N) is 3. The van der Waals surface area contributed by atoms with Crippen molar-refractivity contribution in [2.75, 3.05) is 19.6 Å². The van der Waals surface area contributed by atoms with Gasteiger partial charge in [0, 0.05) is 31.6 Å². The van der Waals surface area contributed by atoms with E-state index in [0.29, 0.717) is 17.1 Å². The van der Waals surface area contributed by atoms with Crippen molar-refractivity contribution in [2.45, 2.75) is 49.6 Å². The van der Waals surface area contributed by atoms with Crippen LogP contribution in [-0.4, -0.2) is 88.4 Å². The van der Waals surface area contributed by atoms with E-state index in [9.17, 15) is 23.1 Å². The van der Waals surface area contributed by atoms with E-state index in [1.807, 2.05) is 0 Å². The van der Waals surface area contributed by atoms with Crippen molar-refractivity contribution in [1.82, 2.24) is 8.61 Å². The van der Waals surface area contributed by atoms with Gasteiger partial charge in [0.25, 0.3) is 5.91 Å². The van der Waals surface area contributed by atoms with E-state index in [4.69, 9.17) is 27.2 Å². The maximum Gasteiger partial charge on any atom is 0.451 e. The molecule has 1 aliphatic heterocycles. The number of carboxylic acid groups (broad SMARTS) is 1. The van der Waals surface area contributed by atoms with Crippen LogP contribution in [-0.2, 0) is 19.8 Å². The second-order valence-electron chi connectivity index (χ2n) is 7.46. The van der Waals surface area contributed by atoms with Gasteiger partial charge in [0.2, 0.25) is 0 Å². The topological polar surface area (TPSA) is 214 Å². The Labute approximate surface area is 164 Å². The van der Waals surface area contributed by atoms with E-state index < -0.39 is 59.3 Å². The lowest BCUT2D eigenvalue weighted by atomic mass is 9.78. The van der Waals surface area contributed by atoms with Crippen LogP contribution in [0.25, 0.3) is 0 Å². The van der Waals surface area contributed by atoms with Gasteiger partial charge < -0.3 is 32.4 Å². The van der Waals surface area contributed by atoms with Gasteiger partial charge in [0.1, 0.15) is 5.54 Å². The molecule has 160 valence electrons. The average Bonchev–Trinajstić information content (AvgIpc) is 3.36. The number of carbonyl (C=O) groups is 2. The van der Waals surface area contributed by atoms with Crippen molar-refractivity contribution in [3.63, 3.8) is 0 Å². The van der Waals surface area contributed by atoms with Crippen LogP contribution < -0.4 is 17.2 Å². The Bertz CT molecular complexity index is 704. The fourth-order valence-corrected chi connectivity index (χ4v) is 5.33. The van der Waals surface area contributed by atoms with Gasteiger partial charge in [-0.3, -0.25) is 9.59 Å². The first-order valence-electron chi connectivity index (χ1n) is 9.12. The van der Waals surface area contributed by atoms with Crippen LogP contribution in [0.5, 0.6) is 0 Å². The molecule has 0 bridgehead atoms. The smallest absolute Gasteiger partial charge is 0.451 e. The number of hydrogen-bond acceptors (Lipinski definition) is 9. The minimum Gasteiger partial charge on any atom is -0.480 e. The third kappa shape index (κ3) is 4.64. The Morgan fingerprint density at radius 1 is 1.32 bits per heavy atom. The van der Waals surface area contributed by atoms with Crippen molar-refractivity contribution < 1.29 is 33.2 Å². The molecule has 1 heterocycles. The van der Waals surface area contributed by atoms with E-state index in [1.54, 1.807) is 0 Å². The summed E-state index contributed by atoms with van der Waals surface area (Å²) in [6.07, 6.45) is 1.45. The Morgan fingerprint density at radius 2 is 1.93 bits per heavy atom. The minimum atomic E-state index is -4.33. The maximum atomic E-state index is 13.1. The molecular weight excluding hydrogens is 393 g/mol. The van der Waals surface area contributed by atoms with Crippen LogP contribution >= 0.6 is 0 Å². The lowest BCUT2D eigenvalue weighted by molar-refractivity contribution is -0.144. The molecule has 2 rings (SSSR count). The normalized spacial score (nSPS) is 26.8. The number of carbonyl (C=O) groups excluding carboxylic acids is 1. The highest BCUT2D eigenvalue weighted by atomic mass is 32.2. The second kappa shape index (κ2) is 8.61. The van der Waals surface area contributed by atoms with Gasteiger partial charge in [-0.25, -0.2) is 4.31 Å². The fraction of sp³-hybridized carbons (Fsp3) is 0.857. The summed E-state index contributed by atoms with van der Waals surface area (Å²) in [6, 6.07) is -1.70. The van der Waals surface area contributed by atoms with E-state index in [-0.39, 0.29) is 32.3 Å². The van der Waals surface area contributed by atoms with E-state index in [2.05, 4.69) is 0 Å². The number of carboxylic acids is 1. The zero-order valence-electron chi connectivity index (χ0n) is 15.5. The summed E-state index contributed by atoms with van der Waals surface area (Å²) >= 11 is 0. The van der Waals surface area contributed by atoms with Crippen LogP contribution in [0.15, 0.2) is 0 Å². The molecular formula is C14H28BN5O7S. The molecule has 1 amide bonds. The van der Waals surface area contributed by atoms with Gasteiger partial charge in [-0.1, -0.05) is 6.42 Å². The zero-order valence-corrected chi connectivity index (χ0v) is 16.3. The molecule has 9 N–H and O–H groups in total. The van der Waals surface area contributed by atoms with E-state index in [1.165, 1.54) is 0 Å². The first-order valence-corrected chi connectivity index (χ1v) is 10.5. The summed E-state index contributed by atoms with van der Waals surface area (Å²) < 4.78 is 27.9. The number of rotatable bonds is 10. The molecule has 0 radical (unpaired) electrons. The molecule has 14 heteroatoms. The Morgan fingerprint density at radius 3 is 2.39 bits per heavy atom. The van der Waals surface area contributed by atoms with Crippen LogP contribution in [0.3, 0.4) is 0 Å². The Hall–Kier alpha value is -1.29. The van der Waals surface area contributed by atoms with Gasteiger partial charge in [0.15, 0.2) is 0 Å². The first-order chi connectivity index (χ1) is 12.9. The van der Waals surface area contributed by atoms with Crippen LogP contribution in [0, 0.1) is 5.92 Å². The lowest BCUT2D eigenvalue weighted by Gasteiger charge is -2.29. The van der Waals surface area contributed by atoms with Crippen molar-refractivity contribution in [2.24, 2.45) is 23.1 Å². The molecule has 0 aromatic carbocycles. The monoisotopic (exact) mass is 421 g/mol. The maximum absolute atomic E-state index is 13.1. The summed E-state index contributed by atoms with van der Waals surface area (Å²) in [7, 11) is -5.87. The van der Waals surface area contributed by atoms with Gasteiger partial charge in [0.05, 0.1) is 6.04 Å². The minimum absolute atomic E-state index is 0.0109. The third-order valence-corrected chi connectivity index (χ3v) is 7.15. The molecule has 2 aliphatic rings. The van der Waals surface area contributed by atoms with Gasteiger partial charge in [-0.15, -0.1) is 0 Å². The second-order valence-corrected chi connectivity index (χ2v) is 9.27. The zero-order chi connectivity index (χ0) is 21.3. The highest BCUT2D eigenvalue weighted by Crippen LogP contribution is 2.36. The van der Waals surface area contributed by atoms with Crippen molar-refractivity contribution >= 4 is 29.2 Å². The SMILES string of the molecule is NCC(N)C(=O)N(C1CC1)S(=O)(=O)N1C[C@H](CCCB(O)O)[C@](N)(C(=O)O)C1. The van der Waals surface area contributed by atoms with Gasteiger partial charge in [-0.2, -0.15) is 12.7 Å². The van der Waals surface area contributed by atoms with E-state index in [0.717, 1.165) is 4.31 Å².